The zero-order valence-electron chi connectivity index (χ0n) is 30.8. The van der Waals surface area contributed by atoms with E-state index < -0.39 is 17.5 Å². The van der Waals surface area contributed by atoms with Crippen molar-refractivity contribution in [3.63, 3.8) is 0 Å². The topological polar surface area (TPSA) is 83.9 Å². The van der Waals surface area contributed by atoms with Gasteiger partial charge in [-0.3, -0.25) is 4.90 Å². The van der Waals surface area contributed by atoms with E-state index in [0.717, 1.165) is 47.6 Å². The number of fused-ring (bicyclic) bond motifs is 1. The number of amidine groups is 1. The lowest BCUT2D eigenvalue weighted by atomic mass is 9.95. The molecule has 4 aliphatic rings. The molecule has 8 rings (SSSR count). The van der Waals surface area contributed by atoms with Crippen LogP contribution >= 0.6 is 11.6 Å². The number of nitrogens with zero attached hydrogens (tertiary/aromatic N) is 5. The summed E-state index contributed by atoms with van der Waals surface area (Å²) < 4.78 is 55.2. The van der Waals surface area contributed by atoms with Crippen LogP contribution in [-0.4, -0.2) is 80.0 Å². The Morgan fingerprint density at radius 2 is 1.70 bits per heavy atom. The first-order valence-corrected chi connectivity index (χ1v) is 18.5. The molecule has 2 saturated heterocycles. The molecule has 10 nitrogen and oxygen atoms in total. The summed E-state index contributed by atoms with van der Waals surface area (Å²) in [6.07, 6.45) is 2.95. The van der Waals surface area contributed by atoms with E-state index in [1.54, 1.807) is 32.4 Å². The second-order valence-electron chi connectivity index (χ2n) is 14.4. The zero-order valence-corrected chi connectivity index (χ0v) is 31.6. The predicted octanol–water partition coefficient (Wildman–Crippen LogP) is 7.92. The molecule has 0 aliphatic carbocycles. The molecule has 0 radical (unpaired) electrons. The average molecular weight is 757 g/mol. The lowest BCUT2D eigenvalue weighted by molar-refractivity contribution is 0.0264. The van der Waals surface area contributed by atoms with E-state index in [2.05, 4.69) is 20.1 Å². The largest absolute Gasteiger partial charge is 0.497 e. The molecule has 282 valence electrons. The highest BCUT2D eigenvalue weighted by molar-refractivity contribution is 6.37. The van der Waals surface area contributed by atoms with Gasteiger partial charge in [-0.25, -0.2) is 18.8 Å². The van der Waals surface area contributed by atoms with Crippen molar-refractivity contribution in [2.45, 2.75) is 51.0 Å². The van der Waals surface area contributed by atoms with Gasteiger partial charge < -0.3 is 34.1 Å². The molecule has 0 unspecified atom stereocenters. The van der Waals surface area contributed by atoms with Crippen LogP contribution in [-0.2, 0) is 17.8 Å². The minimum atomic E-state index is -0.903. The van der Waals surface area contributed by atoms with Gasteiger partial charge >= 0.3 is 5.95 Å². The quantitative estimate of drug-likeness (QED) is 0.164. The number of hydrogen-bond acceptors (Lipinski definition) is 10. The van der Waals surface area contributed by atoms with Crippen LogP contribution < -0.4 is 24.4 Å². The minimum Gasteiger partial charge on any atom is -0.497 e. The Labute approximate surface area is 318 Å². The maximum atomic E-state index is 17.3. The number of anilines is 2. The van der Waals surface area contributed by atoms with Gasteiger partial charge in [-0.05, 0) is 79.4 Å². The normalized spacial score (nSPS) is 20.2. The van der Waals surface area contributed by atoms with Gasteiger partial charge in [0, 0.05) is 33.1 Å². The van der Waals surface area contributed by atoms with Gasteiger partial charge in [-0.2, -0.15) is 0 Å². The van der Waals surface area contributed by atoms with Crippen molar-refractivity contribution in [1.29, 1.82) is 0 Å². The second-order valence-corrected chi connectivity index (χ2v) is 14.7. The van der Waals surface area contributed by atoms with E-state index in [1.165, 1.54) is 0 Å². The maximum Gasteiger partial charge on any atom is 0.302 e. The Kier molecular flexibility index (Phi) is 9.74. The fraction of sp³-hybridized carbons (Fsp3) is 0.366. The Morgan fingerprint density at radius 1 is 1.02 bits per heavy atom. The lowest BCUT2D eigenvalue weighted by Gasteiger charge is -2.31. The number of aliphatic imine (C=N–C) groups is 1. The monoisotopic (exact) mass is 756 g/mol. The molecule has 4 aliphatic heterocycles. The van der Waals surface area contributed by atoms with Crippen LogP contribution in [0.2, 0.25) is 5.02 Å². The van der Waals surface area contributed by atoms with Crippen molar-refractivity contribution < 1.29 is 27.7 Å². The van der Waals surface area contributed by atoms with Gasteiger partial charge in [0.25, 0.3) is 0 Å². The minimum absolute atomic E-state index is 0.0697. The molecule has 0 bridgehead atoms. The first kappa shape index (κ1) is 35.9. The van der Waals surface area contributed by atoms with Crippen molar-refractivity contribution in [1.82, 2.24) is 14.8 Å². The molecule has 1 aromatic heterocycles. The molecule has 3 aromatic carbocycles. The summed E-state index contributed by atoms with van der Waals surface area (Å²) in [5.74, 6) is 1.98. The number of rotatable bonds is 11. The first-order valence-electron chi connectivity index (χ1n) is 18.1. The van der Waals surface area contributed by atoms with Crippen LogP contribution in [0.1, 0.15) is 41.5 Å². The molecule has 2 fully saturated rings. The third-order valence-electron chi connectivity index (χ3n) is 10.7. The summed E-state index contributed by atoms with van der Waals surface area (Å²) in [4.78, 5) is 15.8. The number of pyridine rings is 1. The molecule has 13 heteroatoms. The highest BCUT2D eigenvalue weighted by Crippen LogP contribution is 2.48. The van der Waals surface area contributed by atoms with Gasteiger partial charge in [0.1, 0.15) is 42.6 Å². The number of ether oxygens (including phenoxy) is 4. The zero-order chi connectivity index (χ0) is 37.6. The summed E-state index contributed by atoms with van der Waals surface area (Å²) >= 11 is 7.15. The number of methoxy groups -OCH3 is 2. The highest BCUT2D eigenvalue weighted by atomic mass is 35.5. The SMILES string of the molecule is COc1ccc(CN(Cc2ccc(OC)cc2)c2cc(C)cc(-c3c(F)c4c5c(c3Cl)NCN=C5N(C)C=C(OC[C@@]35CCCN3C[C@H](F)C5)O4)n2)cc1. The van der Waals surface area contributed by atoms with Crippen molar-refractivity contribution in [3.05, 3.63) is 106 Å². The van der Waals surface area contributed by atoms with Crippen LogP contribution in [0.4, 0.5) is 20.3 Å². The number of hydrogen-bond donors (Lipinski definition) is 1. The van der Waals surface area contributed by atoms with Crippen LogP contribution in [0, 0.1) is 12.7 Å². The van der Waals surface area contributed by atoms with E-state index in [9.17, 15) is 4.39 Å². The van der Waals surface area contributed by atoms with Gasteiger partial charge in [0.2, 0.25) is 0 Å². The number of halogens is 3. The van der Waals surface area contributed by atoms with Crippen molar-refractivity contribution in [2.75, 3.05) is 57.8 Å². The average Bonchev–Trinajstić information content (AvgIpc) is 3.65. The lowest BCUT2D eigenvalue weighted by Crippen LogP contribution is -2.42. The predicted molar refractivity (Wildman–Crippen MR) is 206 cm³/mol. The Balaban J connectivity index is 1.17. The fourth-order valence-electron chi connectivity index (χ4n) is 8.06. The molecule has 0 amide bonds. The van der Waals surface area contributed by atoms with E-state index in [-0.39, 0.29) is 35.6 Å². The molecule has 54 heavy (non-hydrogen) atoms. The first-order chi connectivity index (χ1) is 26.1. The van der Waals surface area contributed by atoms with Crippen LogP contribution in [0.15, 0.2) is 77.8 Å². The summed E-state index contributed by atoms with van der Waals surface area (Å²) in [5, 5.41) is 3.42. The Bertz CT molecular complexity index is 2060. The smallest absolute Gasteiger partial charge is 0.302 e. The van der Waals surface area contributed by atoms with Crippen molar-refractivity contribution in [3.8, 4) is 28.5 Å². The van der Waals surface area contributed by atoms with Crippen molar-refractivity contribution in [2.24, 2.45) is 4.99 Å². The standard InChI is InChI=1S/C41H43ClF2N6O4/c1-25-16-31(47-32(17-25)49(19-26-6-10-29(51-3)11-7-26)20-27-8-12-30(52-4)13-9-27)34-36(42)38-35-39(37(34)44)54-33(22-48(2)40(35)46-24-45-38)53-23-41-14-5-15-50(41)21-28(43)18-41/h6-13,16-17,22,28,45H,5,14-15,18-21,23-24H2,1-4H3/t28-,41+/m1/s1. The summed E-state index contributed by atoms with van der Waals surface area (Å²) in [7, 11) is 5.08. The summed E-state index contributed by atoms with van der Waals surface area (Å²) in [6, 6.07) is 19.6. The molecule has 0 spiro atoms. The van der Waals surface area contributed by atoms with Crippen LogP contribution in [0.5, 0.6) is 17.2 Å². The summed E-state index contributed by atoms with van der Waals surface area (Å²) in [6.45, 7) is 4.66. The molecule has 4 aromatic rings. The van der Waals surface area contributed by atoms with E-state index >= 15 is 4.39 Å². The fourth-order valence-corrected chi connectivity index (χ4v) is 8.40. The van der Waals surface area contributed by atoms with Crippen molar-refractivity contribution >= 4 is 28.9 Å². The number of aryl methyl sites for hydroxylation is 1. The van der Waals surface area contributed by atoms with E-state index in [1.807, 2.05) is 67.6 Å². The van der Waals surface area contributed by atoms with E-state index in [4.69, 9.17) is 35.5 Å². The van der Waals surface area contributed by atoms with Crippen LogP contribution in [0.3, 0.4) is 0 Å². The second kappa shape index (κ2) is 14.6. The third kappa shape index (κ3) is 6.77. The Hall–Kier alpha value is -5.07. The molecule has 5 heterocycles. The molecule has 0 saturated carbocycles. The molecular formula is C41H43ClF2N6O4. The maximum absolute atomic E-state index is 17.3. The van der Waals surface area contributed by atoms with E-state index in [0.29, 0.717) is 54.7 Å². The Morgan fingerprint density at radius 3 is 2.37 bits per heavy atom. The number of aromatic nitrogens is 1. The molecule has 1 N–H and O–H groups in total. The summed E-state index contributed by atoms with van der Waals surface area (Å²) in [5.41, 5.74) is 3.86. The van der Waals surface area contributed by atoms with Crippen LogP contribution in [0.25, 0.3) is 11.3 Å². The van der Waals surface area contributed by atoms with Gasteiger partial charge in [0.05, 0.1) is 53.5 Å². The number of benzene rings is 3. The highest BCUT2D eigenvalue weighted by Gasteiger charge is 2.49. The van der Waals surface area contributed by atoms with Gasteiger partial charge in [-0.1, -0.05) is 35.9 Å². The number of nitrogens with one attached hydrogen (secondary N) is 1. The number of alkyl halides is 1. The van der Waals surface area contributed by atoms with Gasteiger partial charge in [0.15, 0.2) is 11.6 Å². The van der Waals surface area contributed by atoms with Gasteiger partial charge in [-0.15, -0.1) is 0 Å². The molecule has 2 atom stereocenters. The molecular weight excluding hydrogens is 714 g/mol. The third-order valence-corrected chi connectivity index (χ3v) is 11.1.